The zero-order chi connectivity index (χ0) is 13.7. The van der Waals surface area contributed by atoms with Crippen molar-refractivity contribution in [3.05, 3.63) is 29.8 Å². The van der Waals surface area contributed by atoms with Crippen molar-refractivity contribution in [3.63, 3.8) is 0 Å². The highest BCUT2D eigenvalue weighted by Crippen LogP contribution is 2.58. The van der Waals surface area contributed by atoms with E-state index in [1.807, 2.05) is 13.1 Å². The maximum absolute atomic E-state index is 12.8. The molecule has 3 nitrogen and oxygen atoms in total. The third-order valence-corrected chi connectivity index (χ3v) is 5.55. The van der Waals surface area contributed by atoms with Crippen molar-refractivity contribution < 1.29 is 4.79 Å². The number of carbonyl (C=O) groups excluding carboxylic acids is 1. The highest BCUT2D eigenvalue weighted by Gasteiger charge is 2.57. The summed E-state index contributed by atoms with van der Waals surface area (Å²) in [6.07, 6.45) is 4.89. The lowest BCUT2D eigenvalue weighted by Gasteiger charge is -2.34. The molecular formula is C17H22N2O. The number of amides is 1. The molecule has 1 aliphatic heterocycles. The minimum atomic E-state index is 0.336. The Morgan fingerprint density at radius 2 is 1.95 bits per heavy atom. The zero-order valence-corrected chi connectivity index (χ0v) is 12.0. The Morgan fingerprint density at radius 1 is 1.20 bits per heavy atom. The SMILES string of the molecule is CNC1CCN(C(=O)C2C3CCCC32)c2ccccc21. The molecule has 1 aromatic rings. The average Bonchev–Trinajstić information content (AvgIpc) is 2.97. The van der Waals surface area contributed by atoms with E-state index >= 15 is 0 Å². The molecule has 4 rings (SSSR count). The second kappa shape index (κ2) is 4.59. The van der Waals surface area contributed by atoms with E-state index in [2.05, 4.69) is 28.4 Å². The van der Waals surface area contributed by atoms with Crippen LogP contribution in [-0.2, 0) is 4.79 Å². The number of carbonyl (C=O) groups is 1. The van der Waals surface area contributed by atoms with Crippen molar-refractivity contribution in [3.8, 4) is 0 Å². The third-order valence-electron chi connectivity index (χ3n) is 5.55. The molecule has 3 unspecified atom stereocenters. The summed E-state index contributed by atoms with van der Waals surface area (Å²) in [5.74, 6) is 2.14. The fourth-order valence-electron chi connectivity index (χ4n) is 4.46. The van der Waals surface area contributed by atoms with Gasteiger partial charge in [0.05, 0.1) is 0 Å². The van der Waals surface area contributed by atoms with Crippen LogP contribution in [0.2, 0.25) is 0 Å². The van der Waals surface area contributed by atoms with Gasteiger partial charge in [-0.05, 0) is 49.8 Å². The van der Waals surface area contributed by atoms with Gasteiger partial charge in [0, 0.05) is 24.2 Å². The van der Waals surface area contributed by atoms with E-state index < -0.39 is 0 Å². The zero-order valence-electron chi connectivity index (χ0n) is 12.0. The van der Waals surface area contributed by atoms with Crippen LogP contribution in [0.1, 0.15) is 37.3 Å². The maximum atomic E-state index is 12.8. The number of nitrogens with zero attached hydrogens (tertiary/aromatic N) is 1. The van der Waals surface area contributed by atoms with Crippen molar-refractivity contribution in [2.45, 2.75) is 31.7 Å². The van der Waals surface area contributed by atoms with Gasteiger partial charge < -0.3 is 10.2 Å². The van der Waals surface area contributed by atoms with Crippen molar-refractivity contribution in [2.24, 2.45) is 17.8 Å². The quantitative estimate of drug-likeness (QED) is 0.896. The molecule has 2 fully saturated rings. The molecule has 106 valence electrons. The molecular weight excluding hydrogens is 248 g/mol. The highest BCUT2D eigenvalue weighted by atomic mass is 16.2. The molecule has 1 aromatic carbocycles. The van der Waals surface area contributed by atoms with Crippen molar-refractivity contribution >= 4 is 11.6 Å². The standard InChI is InChI=1S/C17H22N2O/c1-18-14-9-10-19(15-8-3-2-5-13(14)15)17(20)16-11-6-4-7-12(11)16/h2-3,5,8,11-12,14,16,18H,4,6-7,9-10H2,1H3. The van der Waals surface area contributed by atoms with Gasteiger partial charge in [0.1, 0.15) is 0 Å². The number of fused-ring (bicyclic) bond motifs is 2. The number of benzene rings is 1. The molecule has 3 atom stereocenters. The number of nitrogens with one attached hydrogen (secondary N) is 1. The average molecular weight is 270 g/mol. The summed E-state index contributed by atoms with van der Waals surface area (Å²) in [6.45, 7) is 0.858. The van der Waals surface area contributed by atoms with Crippen LogP contribution in [0.4, 0.5) is 5.69 Å². The third kappa shape index (κ3) is 1.72. The van der Waals surface area contributed by atoms with Crippen LogP contribution in [0.25, 0.3) is 0 Å². The molecule has 1 heterocycles. The summed E-state index contributed by atoms with van der Waals surface area (Å²) >= 11 is 0. The predicted molar refractivity (Wildman–Crippen MR) is 79.5 cm³/mol. The van der Waals surface area contributed by atoms with Crippen molar-refractivity contribution in [1.82, 2.24) is 5.32 Å². The van der Waals surface area contributed by atoms with E-state index in [1.54, 1.807) is 0 Å². The van der Waals surface area contributed by atoms with Crippen LogP contribution in [0.3, 0.4) is 0 Å². The lowest BCUT2D eigenvalue weighted by molar-refractivity contribution is -0.120. The number of rotatable bonds is 2. The van der Waals surface area contributed by atoms with E-state index in [-0.39, 0.29) is 0 Å². The van der Waals surface area contributed by atoms with Crippen LogP contribution >= 0.6 is 0 Å². The Morgan fingerprint density at radius 3 is 2.70 bits per heavy atom. The maximum Gasteiger partial charge on any atom is 0.230 e. The van der Waals surface area contributed by atoms with Crippen molar-refractivity contribution in [1.29, 1.82) is 0 Å². The predicted octanol–water partition coefficient (Wildman–Crippen LogP) is 2.73. The van der Waals surface area contributed by atoms with E-state index in [1.165, 1.54) is 24.8 Å². The molecule has 0 spiro atoms. The molecule has 2 saturated carbocycles. The minimum absolute atomic E-state index is 0.336. The van der Waals surface area contributed by atoms with E-state index in [0.717, 1.165) is 18.7 Å². The summed E-state index contributed by atoms with van der Waals surface area (Å²) in [7, 11) is 2.00. The van der Waals surface area contributed by atoms with Gasteiger partial charge in [-0.15, -0.1) is 0 Å². The van der Waals surface area contributed by atoms with Gasteiger partial charge >= 0.3 is 0 Å². The monoisotopic (exact) mass is 270 g/mol. The van der Waals surface area contributed by atoms with Crippen LogP contribution < -0.4 is 10.2 Å². The number of hydrogen-bond donors (Lipinski definition) is 1. The summed E-state index contributed by atoms with van der Waals surface area (Å²) in [6, 6.07) is 8.76. The molecule has 0 aromatic heterocycles. The Hall–Kier alpha value is -1.35. The molecule has 1 N–H and O–H groups in total. The van der Waals surface area contributed by atoms with Gasteiger partial charge in [-0.2, -0.15) is 0 Å². The van der Waals surface area contributed by atoms with E-state index in [9.17, 15) is 4.79 Å². The van der Waals surface area contributed by atoms with Gasteiger partial charge in [0.25, 0.3) is 0 Å². The summed E-state index contributed by atoms with van der Waals surface area (Å²) in [4.78, 5) is 14.9. The largest absolute Gasteiger partial charge is 0.313 e. The smallest absolute Gasteiger partial charge is 0.230 e. The molecule has 20 heavy (non-hydrogen) atoms. The van der Waals surface area contributed by atoms with Crippen LogP contribution in [0.5, 0.6) is 0 Å². The molecule has 2 aliphatic carbocycles. The van der Waals surface area contributed by atoms with E-state index in [0.29, 0.717) is 29.7 Å². The molecule has 0 saturated heterocycles. The second-order valence-corrected chi connectivity index (χ2v) is 6.46. The van der Waals surface area contributed by atoms with Gasteiger partial charge in [-0.1, -0.05) is 24.6 Å². The molecule has 0 bridgehead atoms. The Bertz CT molecular complexity index is 532. The van der Waals surface area contributed by atoms with Crippen LogP contribution in [0.15, 0.2) is 24.3 Å². The highest BCUT2D eigenvalue weighted by molar-refractivity contribution is 5.98. The van der Waals surface area contributed by atoms with E-state index in [4.69, 9.17) is 0 Å². The van der Waals surface area contributed by atoms with Crippen molar-refractivity contribution in [2.75, 3.05) is 18.5 Å². The summed E-state index contributed by atoms with van der Waals surface area (Å²) in [5.41, 5.74) is 2.41. The Labute approximate surface area is 120 Å². The molecule has 1 amide bonds. The second-order valence-electron chi connectivity index (χ2n) is 6.46. The van der Waals surface area contributed by atoms with Gasteiger partial charge in [0.15, 0.2) is 0 Å². The van der Waals surface area contributed by atoms with Gasteiger partial charge in [-0.3, -0.25) is 4.79 Å². The Balaban J connectivity index is 1.61. The normalized spacial score (nSPS) is 34.5. The topological polar surface area (TPSA) is 32.3 Å². The lowest BCUT2D eigenvalue weighted by Crippen LogP contribution is -2.40. The summed E-state index contributed by atoms with van der Waals surface area (Å²) in [5, 5.41) is 3.37. The van der Waals surface area contributed by atoms with Gasteiger partial charge in [-0.25, -0.2) is 0 Å². The fourth-order valence-corrected chi connectivity index (χ4v) is 4.46. The first kappa shape index (κ1) is 12.4. The van der Waals surface area contributed by atoms with Gasteiger partial charge in [0.2, 0.25) is 5.91 Å². The Kier molecular flexibility index (Phi) is 2.84. The number of hydrogen-bond acceptors (Lipinski definition) is 2. The minimum Gasteiger partial charge on any atom is -0.313 e. The first-order chi connectivity index (χ1) is 9.81. The molecule has 0 radical (unpaired) electrons. The van der Waals surface area contributed by atoms with Crippen LogP contribution in [-0.4, -0.2) is 19.5 Å². The summed E-state index contributed by atoms with van der Waals surface area (Å²) < 4.78 is 0. The molecule has 3 aliphatic rings. The number of anilines is 1. The fraction of sp³-hybridized carbons (Fsp3) is 0.588. The molecule has 3 heteroatoms. The van der Waals surface area contributed by atoms with Crippen LogP contribution in [0, 0.1) is 17.8 Å². The lowest BCUT2D eigenvalue weighted by atomic mass is 9.95. The first-order valence-electron chi connectivity index (χ1n) is 7.89. The first-order valence-corrected chi connectivity index (χ1v) is 7.89. The number of para-hydroxylation sites is 1.